The topological polar surface area (TPSA) is 84.2 Å². The SMILES string of the molecule is Cc1cc(NC(=O)C(C)(C)C(=O)NCCc2ccccc2F)no1. The third-order valence-electron chi connectivity index (χ3n) is 3.64. The Balaban J connectivity index is 1.89. The van der Waals surface area contributed by atoms with Crippen LogP contribution < -0.4 is 10.6 Å². The first-order valence-corrected chi connectivity index (χ1v) is 7.57. The molecule has 0 saturated carbocycles. The fourth-order valence-electron chi connectivity index (χ4n) is 2.03. The second-order valence-electron chi connectivity index (χ2n) is 6.00. The minimum atomic E-state index is -1.30. The van der Waals surface area contributed by atoms with Crippen LogP contribution in [0.15, 0.2) is 34.9 Å². The lowest BCUT2D eigenvalue weighted by molar-refractivity contribution is -0.138. The number of hydrogen-bond acceptors (Lipinski definition) is 4. The van der Waals surface area contributed by atoms with Crippen molar-refractivity contribution in [1.82, 2.24) is 10.5 Å². The van der Waals surface area contributed by atoms with E-state index in [1.54, 1.807) is 31.2 Å². The van der Waals surface area contributed by atoms with Gasteiger partial charge in [0.05, 0.1) is 0 Å². The van der Waals surface area contributed by atoms with Gasteiger partial charge in [0.1, 0.15) is 17.0 Å². The van der Waals surface area contributed by atoms with Crippen LogP contribution in [0.4, 0.5) is 10.2 Å². The van der Waals surface area contributed by atoms with E-state index in [0.717, 1.165) is 0 Å². The van der Waals surface area contributed by atoms with E-state index in [-0.39, 0.29) is 18.2 Å². The van der Waals surface area contributed by atoms with Crippen molar-refractivity contribution >= 4 is 17.6 Å². The normalized spacial score (nSPS) is 11.2. The summed E-state index contributed by atoms with van der Waals surface area (Å²) in [4.78, 5) is 24.5. The summed E-state index contributed by atoms with van der Waals surface area (Å²) in [6.07, 6.45) is 0.346. The van der Waals surface area contributed by atoms with E-state index in [4.69, 9.17) is 4.52 Å². The number of anilines is 1. The van der Waals surface area contributed by atoms with Gasteiger partial charge in [0.2, 0.25) is 11.8 Å². The lowest BCUT2D eigenvalue weighted by Gasteiger charge is -2.22. The third-order valence-corrected chi connectivity index (χ3v) is 3.64. The first-order chi connectivity index (χ1) is 11.3. The van der Waals surface area contributed by atoms with E-state index in [9.17, 15) is 14.0 Å². The van der Waals surface area contributed by atoms with E-state index in [1.807, 2.05) is 0 Å². The minimum absolute atomic E-state index is 0.236. The van der Waals surface area contributed by atoms with Crippen LogP contribution in [0.1, 0.15) is 25.2 Å². The number of nitrogens with zero attached hydrogens (tertiary/aromatic N) is 1. The van der Waals surface area contributed by atoms with Gasteiger partial charge in [0.25, 0.3) is 0 Å². The smallest absolute Gasteiger partial charge is 0.240 e. The van der Waals surface area contributed by atoms with Crippen LogP contribution >= 0.6 is 0 Å². The molecule has 6 nitrogen and oxygen atoms in total. The molecule has 128 valence electrons. The lowest BCUT2D eigenvalue weighted by Crippen LogP contribution is -2.45. The number of nitrogens with one attached hydrogen (secondary N) is 2. The number of benzene rings is 1. The molecular weight excluding hydrogens is 313 g/mol. The van der Waals surface area contributed by atoms with Gasteiger partial charge in [-0.3, -0.25) is 9.59 Å². The largest absolute Gasteiger partial charge is 0.360 e. The van der Waals surface area contributed by atoms with E-state index in [2.05, 4.69) is 15.8 Å². The summed E-state index contributed by atoms with van der Waals surface area (Å²) in [7, 11) is 0. The monoisotopic (exact) mass is 333 g/mol. The molecule has 1 aromatic heterocycles. The number of rotatable bonds is 6. The average molecular weight is 333 g/mol. The first kappa shape index (κ1) is 17.7. The molecule has 2 aromatic rings. The van der Waals surface area contributed by atoms with Crippen molar-refractivity contribution in [1.29, 1.82) is 0 Å². The van der Waals surface area contributed by atoms with Crippen molar-refractivity contribution in [2.75, 3.05) is 11.9 Å². The van der Waals surface area contributed by atoms with Crippen molar-refractivity contribution in [3.63, 3.8) is 0 Å². The summed E-state index contributed by atoms with van der Waals surface area (Å²) in [5.74, 6) is -0.455. The molecule has 0 aliphatic carbocycles. The molecule has 0 bridgehead atoms. The van der Waals surface area contributed by atoms with Gasteiger partial charge < -0.3 is 15.2 Å². The number of hydrogen-bond donors (Lipinski definition) is 2. The van der Waals surface area contributed by atoms with Crippen LogP contribution in [0.2, 0.25) is 0 Å². The Kier molecular flexibility index (Phi) is 5.33. The fraction of sp³-hybridized carbons (Fsp3) is 0.353. The predicted octanol–water partition coefficient (Wildman–Crippen LogP) is 2.45. The lowest BCUT2D eigenvalue weighted by atomic mass is 9.91. The Bertz CT molecular complexity index is 740. The summed E-state index contributed by atoms with van der Waals surface area (Å²) in [5.41, 5.74) is -0.791. The second kappa shape index (κ2) is 7.25. The average Bonchev–Trinajstić information content (AvgIpc) is 2.94. The van der Waals surface area contributed by atoms with Crippen LogP contribution in [0.3, 0.4) is 0 Å². The highest BCUT2D eigenvalue weighted by Crippen LogP contribution is 2.19. The van der Waals surface area contributed by atoms with Crippen molar-refractivity contribution < 1.29 is 18.5 Å². The van der Waals surface area contributed by atoms with E-state index >= 15 is 0 Å². The molecule has 0 radical (unpaired) electrons. The van der Waals surface area contributed by atoms with Gasteiger partial charge >= 0.3 is 0 Å². The van der Waals surface area contributed by atoms with Gasteiger partial charge in [-0.2, -0.15) is 0 Å². The van der Waals surface area contributed by atoms with Gasteiger partial charge in [0.15, 0.2) is 5.82 Å². The molecule has 0 atom stereocenters. The summed E-state index contributed by atoms with van der Waals surface area (Å²) < 4.78 is 18.4. The van der Waals surface area contributed by atoms with Gasteiger partial charge in [-0.05, 0) is 38.8 Å². The third kappa shape index (κ3) is 4.18. The Morgan fingerprint density at radius 2 is 1.96 bits per heavy atom. The number of aryl methyl sites for hydroxylation is 1. The molecule has 0 saturated heterocycles. The number of carbonyl (C=O) groups is 2. The van der Waals surface area contributed by atoms with Gasteiger partial charge in [-0.1, -0.05) is 23.4 Å². The molecule has 2 rings (SSSR count). The molecule has 7 heteroatoms. The summed E-state index contributed by atoms with van der Waals surface area (Å²) >= 11 is 0. The zero-order valence-corrected chi connectivity index (χ0v) is 13.9. The molecular formula is C17H20FN3O3. The molecule has 24 heavy (non-hydrogen) atoms. The van der Waals surface area contributed by atoms with Crippen molar-refractivity contribution in [3.8, 4) is 0 Å². The van der Waals surface area contributed by atoms with Crippen LogP contribution in [0.25, 0.3) is 0 Å². The maximum absolute atomic E-state index is 13.5. The number of carbonyl (C=O) groups excluding carboxylic acids is 2. The molecule has 2 amide bonds. The molecule has 2 N–H and O–H groups in total. The van der Waals surface area contributed by atoms with Gasteiger partial charge in [0, 0.05) is 12.6 Å². The molecule has 0 fully saturated rings. The maximum atomic E-state index is 13.5. The van der Waals surface area contributed by atoms with Crippen LogP contribution in [-0.4, -0.2) is 23.5 Å². The van der Waals surface area contributed by atoms with Gasteiger partial charge in [-0.25, -0.2) is 4.39 Å². The Morgan fingerprint density at radius 3 is 2.58 bits per heavy atom. The highest BCUT2D eigenvalue weighted by atomic mass is 19.1. The van der Waals surface area contributed by atoms with Gasteiger partial charge in [-0.15, -0.1) is 0 Å². The molecule has 0 unspecified atom stereocenters. The number of halogens is 1. The predicted molar refractivity (Wildman–Crippen MR) is 86.8 cm³/mol. The van der Waals surface area contributed by atoms with Crippen LogP contribution in [-0.2, 0) is 16.0 Å². The standard InChI is InChI=1S/C17H20FN3O3/c1-11-10-14(21-24-11)20-16(23)17(2,3)15(22)19-9-8-12-6-4-5-7-13(12)18/h4-7,10H,8-9H2,1-3H3,(H,19,22)(H,20,21,23). The van der Waals surface area contributed by atoms with E-state index in [0.29, 0.717) is 17.7 Å². The maximum Gasteiger partial charge on any atom is 0.240 e. The van der Waals surface area contributed by atoms with Crippen molar-refractivity contribution in [2.45, 2.75) is 27.2 Å². The number of aromatic nitrogens is 1. The van der Waals surface area contributed by atoms with E-state index in [1.165, 1.54) is 19.9 Å². The first-order valence-electron chi connectivity index (χ1n) is 7.57. The summed E-state index contributed by atoms with van der Waals surface area (Å²) in [5, 5.41) is 8.86. The summed E-state index contributed by atoms with van der Waals surface area (Å²) in [6, 6.07) is 7.93. The highest BCUT2D eigenvalue weighted by molar-refractivity contribution is 6.09. The Hall–Kier alpha value is -2.70. The van der Waals surface area contributed by atoms with E-state index < -0.39 is 17.2 Å². The Morgan fingerprint density at radius 1 is 1.25 bits per heavy atom. The molecule has 1 aromatic carbocycles. The Labute approximate surface area is 139 Å². The zero-order chi connectivity index (χ0) is 17.7. The van der Waals surface area contributed by atoms with Crippen LogP contribution in [0, 0.1) is 18.2 Å². The van der Waals surface area contributed by atoms with Crippen molar-refractivity contribution in [2.24, 2.45) is 5.41 Å². The minimum Gasteiger partial charge on any atom is -0.360 e. The quantitative estimate of drug-likeness (QED) is 0.795. The number of amides is 2. The highest BCUT2D eigenvalue weighted by Gasteiger charge is 2.36. The fourth-order valence-corrected chi connectivity index (χ4v) is 2.03. The molecule has 1 heterocycles. The molecule has 0 aliphatic rings. The summed E-state index contributed by atoms with van der Waals surface area (Å²) in [6.45, 7) is 4.95. The molecule has 0 spiro atoms. The second-order valence-corrected chi connectivity index (χ2v) is 6.00. The van der Waals surface area contributed by atoms with Crippen LogP contribution in [0.5, 0.6) is 0 Å². The zero-order valence-electron chi connectivity index (χ0n) is 13.9. The van der Waals surface area contributed by atoms with Crippen molar-refractivity contribution in [3.05, 3.63) is 47.5 Å². The molecule has 0 aliphatic heterocycles.